The van der Waals surface area contributed by atoms with Gasteiger partial charge in [0, 0.05) is 23.7 Å². The molecule has 2 N–H and O–H groups in total. The molecular weight excluding hydrogens is 409 g/mol. The SMILES string of the molecule is C[C@H](CC[C@@H]1[C@H](C)c2cc(C(F)(F)F)ccc2N[C@H]1C1C=CC=CC1)CNC1CCCC1. The van der Waals surface area contributed by atoms with Crippen molar-refractivity contribution in [3.8, 4) is 0 Å². The normalized spacial score (nSPS) is 29.0. The van der Waals surface area contributed by atoms with Gasteiger partial charge in [-0.1, -0.05) is 51.0 Å². The Morgan fingerprint density at radius 3 is 2.62 bits per heavy atom. The van der Waals surface area contributed by atoms with E-state index < -0.39 is 11.7 Å². The standard InChI is InChI=1S/C27H37F3N2/c1-18(17-31-22-10-6-7-11-22)12-14-23-19(2)24-16-21(27(28,29)30)13-15-25(24)32-26(23)20-8-4-3-5-9-20/h3-5,8,13,15-16,18-20,22-23,26,31-32H,6-7,9-12,14,17H2,1-2H3/t18-,19+,20?,23-,26+/m1/s1. The van der Waals surface area contributed by atoms with E-state index in [1.807, 2.05) is 0 Å². The quantitative estimate of drug-likeness (QED) is 0.459. The lowest BCUT2D eigenvalue weighted by Gasteiger charge is -2.43. The van der Waals surface area contributed by atoms with Gasteiger partial charge in [0.25, 0.3) is 0 Å². The number of rotatable bonds is 7. The molecule has 1 unspecified atom stereocenters. The van der Waals surface area contributed by atoms with Gasteiger partial charge in [-0.2, -0.15) is 13.2 Å². The number of benzene rings is 1. The molecule has 0 saturated heterocycles. The second-order valence-electron chi connectivity index (χ2n) is 10.2. The number of halogens is 3. The highest BCUT2D eigenvalue weighted by Gasteiger charge is 2.39. The van der Waals surface area contributed by atoms with E-state index in [0.29, 0.717) is 23.8 Å². The fourth-order valence-electron chi connectivity index (χ4n) is 5.87. The van der Waals surface area contributed by atoms with E-state index in [-0.39, 0.29) is 12.0 Å². The second-order valence-corrected chi connectivity index (χ2v) is 10.2. The zero-order valence-corrected chi connectivity index (χ0v) is 19.3. The third-order valence-corrected chi connectivity index (χ3v) is 7.87. The Morgan fingerprint density at radius 1 is 1.16 bits per heavy atom. The fraction of sp³-hybridized carbons (Fsp3) is 0.630. The monoisotopic (exact) mass is 446 g/mol. The van der Waals surface area contributed by atoms with Gasteiger partial charge in [-0.15, -0.1) is 0 Å². The second kappa shape index (κ2) is 10.0. The number of fused-ring (bicyclic) bond motifs is 1. The lowest BCUT2D eigenvalue weighted by Crippen LogP contribution is -2.42. The number of anilines is 1. The first-order valence-corrected chi connectivity index (χ1v) is 12.4. The van der Waals surface area contributed by atoms with Crippen LogP contribution in [0.2, 0.25) is 0 Å². The molecule has 2 nitrogen and oxygen atoms in total. The Kier molecular flexibility index (Phi) is 7.34. The molecule has 0 aromatic heterocycles. The van der Waals surface area contributed by atoms with Crippen molar-refractivity contribution in [2.75, 3.05) is 11.9 Å². The predicted octanol–water partition coefficient (Wildman–Crippen LogP) is 7.30. The van der Waals surface area contributed by atoms with Gasteiger partial charge < -0.3 is 10.6 Å². The molecule has 3 aliphatic rings. The van der Waals surface area contributed by atoms with Crippen LogP contribution in [0.5, 0.6) is 0 Å². The van der Waals surface area contributed by atoms with Crippen LogP contribution in [-0.4, -0.2) is 18.6 Å². The van der Waals surface area contributed by atoms with Crippen molar-refractivity contribution in [1.82, 2.24) is 5.32 Å². The highest BCUT2D eigenvalue weighted by molar-refractivity contribution is 5.58. The van der Waals surface area contributed by atoms with Gasteiger partial charge in [-0.3, -0.25) is 0 Å². The molecule has 0 spiro atoms. The van der Waals surface area contributed by atoms with Crippen LogP contribution in [0.15, 0.2) is 42.5 Å². The van der Waals surface area contributed by atoms with Gasteiger partial charge in [-0.25, -0.2) is 0 Å². The molecule has 176 valence electrons. The van der Waals surface area contributed by atoms with Crippen LogP contribution in [0.4, 0.5) is 18.9 Å². The molecular formula is C27H37F3N2. The first-order chi connectivity index (χ1) is 15.3. The number of alkyl halides is 3. The van der Waals surface area contributed by atoms with Crippen LogP contribution in [0.3, 0.4) is 0 Å². The number of nitrogens with one attached hydrogen (secondary N) is 2. The molecule has 1 saturated carbocycles. The Hall–Kier alpha value is -1.75. The third kappa shape index (κ3) is 5.41. The lowest BCUT2D eigenvalue weighted by molar-refractivity contribution is -0.137. The maximum absolute atomic E-state index is 13.4. The van der Waals surface area contributed by atoms with Crippen LogP contribution >= 0.6 is 0 Å². The topological polar surface area (TPSA) is 24.1 Å². The molecule has 1 fully saturated rings. The van der Waals surface area contributed by atoms with Crippen molar-refractivity contribution in [3.05, 3.63) is 53.6 Å². The van der Waals surface area contributed by atoms with Crippen LogP contribution in [-0.2, 0) is 6.18 Å². The largest absolute Gasteiger partial charge is 0.416 e. The van der Waals surface area contributed by atoms with Crippen molar-refractivity contribution in [1.29, 1.82) is 0 Å². The smallest absolute Gasteiger partial charge is 0.381 e. The average Bonchev–Trinajstić information content (AvgIpc) is 3.30. The molecule has 0 radical (unpaired) electrons. The fourth-order valence-corrected chi connectivity index (χ4v) is 5.87. The predicted molar refractivity (Wildman–Crippen MR) is 126 cm³/mol. The van der Waals surface area contributed by atoms with Crippen molar-refractivity contribution in [2.24, 2.45) is 17.8 Å². The summed E-state index contributed by atoms with van der Waals surface area (Å²) < 4.78 is 40.1. The van der Waals surface area contributed by atoms with Gasteiger partial charge in [0.15, 0.2) is 0 Å². The molecule has 1 heterocycles. The summed E-state index contributed by atoms with van der Waals surface area (Å²) in [6.07, 6.45) is 12.7. The zero-order valence-electron chi connectivity index (χ0n) is 19.3. The molecule has 5 heteroatoms. The Balaban J connectivity index is 1.49. The van der Waals surface area contributed by atoms with Crippen LogP contribution < -0.4 is 10.6 Å². The average molecular weight is 447 g/mol. The minimum absolute atomic E-state index is 0.0906. The van der Waals surface area contributed by atoms with Crippen molar-refractivity contribution in [2.45, 2.75) is 83.0 Å². The van der Waals surface area contributed by atoms with Crippen LogP contribution in [0.1, 0.15) is 75.8 Å². The first-order valence-electron chi connectivity index (χ1n) is 12.4. The molecule has 5 atom stereocenters. The molecule has 1 aromatic carbocycles. The maximum Gasteiger partial charge on any atom is 0.416 e. The molecule has 1 aliphatic heterocycles. The van der Waals surface area contributed by atoms with E-state index in [4.69, 9.17) is 0 Å². The summed E-state index contributed by atoms with van der Waals surface area (Å²) >= 11 is 0. The summed E-state index contributed by atoms with van der Waals surface area (Å²) in [5, 5.41) is 7.39. The number of allylic oxidation sites excluding steroid dienone is 3. The van der Waals surface area contributed by atoms with Crippen molar-refractivity contribution in [3.63, 3.8) is 0 Å². The molecule has 0 bridgehead atoms. The molecule has 1 aromatic rings. The molecule has 2 aliphatic carbocycles. The van der Waals surface area contributed by atoms with E-state index in [1.54, 1.807) is 6.07 Å². The third-order valence-electron chi connectivity index (χ3n) is 7.87. The number of hydrogen-bond donors (Lipinski definition) is 2. The lowest BCUT2D eigenvalue weighted by atomic mass is 9.70. The summed E-state index contributed by atoms with van der Waals surface area (Å²) in [4.78, 5) is 0. The maximum atomic E-state index is 13.4. The molecule has 0 amide bonds. The van der Waals surface area contributed by atoms with Crippen molar-refractivity contribution >= 4 is 5.69 Å². The van der Waals surface area contributed by atoms with E-state index in [2.05, 4.69) is 48.8 Å². The summed E-state index contributed by atoms with van der Waals surface area (Å²) in [5.74, 6) is 1.33. The summed E-state index contributed by atoms with van der Waals surface area (Å²) in [7, 11) is 0. The minimum Gasteiger partial charge on any atom is -0.381 e. The van der Waals surface area contributed by atoms with Crippen LogP contribution in [0, 0.1) is 17.8 Å². The summed E-state index contributed by atoms with van der Waals surface area (Å²) in [6.45, 7) is 5.46. The van der Waals surface area contributed by atoms with E-state index >= 15 is 0 Å². The first kappa shape index (κ1) is 23.4. The van der Waals surface area contributed by atoms with Gasteiger partial charge in [0.1, 0.15) is 0 Å². The zero-order chi connectivity index (χ0) is 22.7. The number of hydrogen-bond acceptors (Lipinski definition) is 2. The van der Waals surface area contributed by atoms with Gasteiger partial charge in [0.05, 0.1) is 5.56 Å². The molecule has 4 rings (SSSR count). The highest BCUT2D eigenvalue weighted by Crippen LogP contribution is 2.45. The van der Waals surface area contributed by atoms with Gasteiger partial charge in [0.2, 0.25) is 0 Å². The molecule has 32 heavy (non-hydrogen) atoms. The van der Waals surface area contributed by atoms with Crippen LogP contribution in [0.25, 0.3) is 0 Å². The Morgan fingerprint density at radius 2 is 1.94 bits per heavy atom. The summed E-state index contributed by atoms with van der Waals surface area (Å²) in [5.41, 5.74) is 1.13. The highest BCUT2D eigenvalue weighted by atomic mass is 19.4. The Labute approximate surface area is 190 Å². The van der Waals surface area contributed by atoms with Gasteiger partial charge in [-0.05, 0) is 80.2 Å². The van der Waals surface area contributed by atoms with E-state index in [1.165, 1.54) is 37.8 Å². The Bertz CT molecular complexity index is 823. The van der Waals surface area contributed by atoms with Gasteiger partial charge >= 0.3 is 6.18 Å². The minimum atomic E-state index is -4.31. The van der Waals surface area contributed by atoms with E-state index in [9.17, 15) is 13.2 Å². The summed E-state index contributed by atoms with van der Waals surface area (Å²) in [6, 6.07) is 5.13. The van der Waals surface area contributed by atoms with Crippen molar-refractivity contribution < 1.29 is 13.2 Å². The van der Waals surface area contributed by atoms with E-state index in [0.717, 1.165) is 37.1 Å².